The molecule has 0 aliphatic rings. The Balaban J connectivity index is 0.00000320. The van der Waals surface area contributed by atoms with Crippen LogP contribution in [0, 0.1) is 41.5 Å². The molecule has 0 aliphatic heterocycles. The molecule has 3 aromatic carbocycles. The number of benzene rings is 3. The van der Waals surface area contributed by atoms with Crippen LogP contribution in [0.3, 0.4) is 0 Å². The number of carbonyl (C=O) groups is 2. The van der Waals surface area contributed by atoms with Crippen LogP contribution in [-0.2, 0) is 0 Å². The standard InChI is InChI=1S/C26H27O2P.ClH/c1-16-12-18(3)23(19(4)13-16)25(27)29(22-10-8-7-9-11-22)26(28)24-20(5)14-17(2)15-21(24)6;/h7-15H,1-6H3;1H. The molecule has 156 valence electrons. The predicted octanol–water partition coefficient (Wildman–Crippen LogP) is 6.75. The highest BCUT2D eigenvalue weighted by molar-refractivity contribution is 7.96. The number of carbonyl (C=O) groups excluding carboxylic acids is 2. The SMILES string of the molecule is Cc1cc(C)c(C(=O)P(C(=O)c2c(C)cc(C)cc2C)c2ccccc2)c(C)c1.Cl. The zero-order valence-corrected chi connectivity index (χ0v) is 20.1. The van der Waals surface area contributed by atoms with Crippen molar-refractivity contribution < 1.29 is 9.59 Å². The van der Waals surface area contributed by atoms with Gasteiger partial charge < -0.3 is 0 Å². The van der Waals surface area contributed by atoms with Gasteiger partial charge in [0.05, 0.1) is 7.92 Å². The Morgan fingerprint density at radius 2 is 0.933 bits per heavy atom. The normalized spacial score (nSPS) is 10.6. The van der Waals surface area contributed by atoms with Gasteiger partial charge in [-0.3, -0.25) is 9.59 Å². The van der Waals surface area contributed by atoms with Crippen molar-refractivity contribution in [2.45, 2.75) is 41.5 Å². The summed E-state index contributed by atoms with van der Waals surface area (Å²) < 4.78 is 0. The zero-order valence-electron chi connectivity index (χ0n) is 18.4. The highest BCUT2D eigenvalue weighted by Crippen LogP contribution is 2.45. The van der Waals surface area contributed by atoms with Crippen LogP contribution in [0.5, 0.6) is 0 Å². The quantitative estimate of drug-likeness (QED) is 0.413. The molecule has 0 aromatic heterocycles. The second kappa shape index (κ2) is 9.69. The maximum absolute atomic E-state index is 13.8. The van der Waals surface area contributed by atoms with Crippen LogP contribution in [0.1, 0.15) is 54.1 Å². The maximum atomic E-state index is 13.8. The van der Waals surface area contributed by atoms with Gasteiger partial charge in [-0.15, -0.1) is 12.4 Å². The van der Waals surface area contributed by atoms with Crippen molar-refractivity contribution in [3.63, 3.8) is 0 Å². The third kappa shape index (κ3) is 4.72. The lowest BCUT2D eigenvalue weighted by atomic mass is 10.0. The van der Waals surface area contributed by atoms with E-state index < -0.39 is 7.92 Å². The van der Waals surface area contributed by atoms with E-state index in [9.17, 15) is 9.59 Å². The third-order valence-electron chi connectivity index (χ3n) is 5.20. The van der Waals surface area contributed by atoms with Gasteiger partial charge in [0.15, 0.2) is 11.0 Å². The molecule has 0 radical (unpaired) electrons. The molecule has 0 fully saturated rings. The molecule has 2 nitrogen and oxygen atoms in total. The Morgan fingerprint density at radius 1 is 0.600 bits per heavy atom. The van der Waals surface area contributed by atoms with Crippen molar-refractivity contribution in [1.82, 2.24) is 0 Å². The monoisotopic (exact) mass is 438 g/mol. The van der Waals surface area contributed by atoms with Crippen molar-refractivity contribution >= 4 is 36.7 Å². The molecule has 0 heterocycles. The smallest absolute Gasteiger partial charge is 0.197 e. The molecule has 3 aromatic rings. The van der Waals surface area contributed by atoms with Crippen molar-refractivity contribution in [1.29, 1.82) is 0 Å². The summed E-state index contributed by atoms with van der Waals surface area (Å²) in [7, 11) is -1.69. The van der Waals surface area contributed by atoms with Crippen LogP contribution in [0.2, 0.25) is 0 Å². The highest BCUT2D eigenvalue weighted by atomic mass is 35.5. The molecule has 0 saturated heterocycles. The Hall–Kier alpha value is -2.28. The lowest BCUT2D eigenvalue weighted by molar-refractivity contribution is 0.105. The van der Waals surface area contributed by atoms with E-state index in [1.807, 2.05) is 96.1 Å². The van der Waals surface area contributed by atoms with E-state index in [2.05, 4.69) is 0 Å². The average Bonchev–Trinajstić information content (AvgIpc) is 2.61. The largest absolute Gasteiger partial charge is 0.288 e. The summed E-state index contributed by atoms with van der Waals surface area (Å²) >= 11 is 0. The van der Waals surface area contributed by atoms with Gasteiger partial charge in [-0.05, 0) is 69.1 Å². The van der Waals surface area contributed by atoms with Crippen molar-refractivity contribution in [3.8, 4) is 0 Å². The summed E-state index contributed by atoms with van der Waals surface area (Å²) in [6.07, 6.45) is 0. The van der Waals surface area contributed by atoms with E-state index in [-0.39, 0.29) is 23.5 Å². The zero-order chi connectivity index (χ0) is 21.3. The van der Waals surface area contributed by atoms with E-state index in [0.717, 1.165) is 38.7 Å². The summed E-state index contributed by atoms with van der Waals surface area (Å²) in [6, 6.07) is 17.6. The minimum Gasteiger partial charge on any atom is -0.288 e. The molecule has 0 N–H and O–H groups in total. The number of halogens is 1. The summed E-state index contributed by atoms with van der Waals surface area (Å²) in [6.45, 7) is 11.9. The Bertz CT molecular complexity index is 988. The first-order valence-electron chi connectivity index (χ1n) is 9.80. The van der Waals surface area contributed by atoms with Crippen LogP contribution in [0.25, 0.3) is 0 Å². The highest BCUT2D eigenvalue weighted by Gasteiger charge is 2.33. The topological polar surface area (TPSA) is 34.1 Å². The lowest BCUT2D eigenvalue weighted by Gasteiger charge is -2.21. The first kappa shape index (κ1) is 24.0. The van der Waals surface area contributed by atoms with E-state index in [1.165, 1.54) is 0 Å². The second-order valence-electron chi connectivity index (χ2n) is 7.83. The molecule has 0 bridgehead atoms. The molecular formula is C26H28ClO2P. The van der Waals surface area contributed by atoms with Crippen LogP contribution in [0.15, 0.2) is 54.6 Å². The minimum atomic E-state index is -1.69. The van der Waals surface area contributed by atoms with Gasteiger partial charge in [-0.2, -0.15) is 0 Å². The first-order chi connectivity index (χ1) is 13.7. The molecule has 3 rings (SSSR count). The van der Waals surface area contributed by atoms with Gasteiger partial charge >= 0.3 is 0 Å². The third-order valence-corrected chi connectivity index (χ3v) is 7.28. The summed E-state index contributed by atoms with van der Waals surface area (Å²) in [5.74, 6) is 0. The van der Waals surface area contributed by atoms with Crippen LogP contribution in [-0.4, -0.2) is 11.0 Å². The van der Waals surface area contributed by atoms with Gasteiger partial charge in [-0.25, -0.2) is 0 Å². The van der Waals surface area contributed by atoms with Crippen LogP contribution in [0.4, 0.5) is 0 Å². The Kier molecular flexibility index (Phi) is 7.75. The van der Waals surface area contributed by atoms with Gasteiger partial charge in [0.1, 0.15) is 0 Å². The van der Waals surface area contributed by atoms with E-state index >= 15 is 0 Å². The molecule has 0 saturated carbocycles. The number of hydrogen-bond acceptors (Lipinski definition) is 2. The molecule has 0 amide bonds. The molecule has 0 atom stereocenters. The molecule has 0 unspecified atom stereocenters. The fourth-order valence-electron chi connectivity index (χ4n) is 4.16. The lowest BCUT2D eigenvalue weighted by Crippen LogP contribution is -2.19. The predicted molar refractivity (Wildman–Crippen MR) is 130 cm³/mol. The maximum Gasteiger partial charge on any atom is 0.197 e. The van der Waals surface area contributed by atoms with Crippen molar-refractivity contribution in [2.24, 2.45) is 0 Å². The Morgan fingerprint density at radius 3 is 1.27 bits per heavy atom. The average molecular weight is 439 g/mol. The molecule has 30 heavy (non-hydrogen) atoms. The minimum absolute atomic E-state index is 0. The fraction of sp³-hybridized carbons (Fsp3) is 0.231. The second-order valence-corrected chi connectivity index (χ2v) is 9.83. The molecule has 4 heteroatoms. The first-order valence-corrected chi connectivity index (χ1v) is 11.1. The van der Waals surface area contributed by atoms with E-state index in [0.29, 0.717) is 11.1 Å². The van der Waals surface area contributed by atoms with E-state index in [1.54, 1.807) is 0 Å². The van der Waals surface area contributed by atoms with Gasteiger partial charge in [0.2, 0.25) is 0 Å². The fourth-order valence-corrected chi connectivity index (χ4v) is 6.44. The summed E-state index contributed by atoms with van der Waals surface area (Å²) in [5, 5.41) is 0.802. The summed E-state index contributed by atoms with van der Waals surface area (Å²) in [4.78, 5) is 27.6. The van der Waals surface area contributed by atoms with Gasteiger partial charge in [0, 0.05) is 11.1 Å². The van der Waals surface area contributed by atoms with Crippen LogP contribution >= 0.6 is 20.3 Å². The van der Waals surface area contributed by atoms with Crippen LogP contribution < -0.4 is 5.30 Å². The molecule has 0 spiro atoms. The number of rotatable bonds is 5. The van der Waals surface area contributed by atoms with Gasteiger partial charge in [-0.1, -0.05) is 65.7 Å². The number of aryl methyl sites for hydroxylation is 6. The van der Waals surface area contributed by atoms with E-state index in [4.69, 9.17) is 0 Å². The molecular weight excluding hydrogens is 411 g/mol. The summed E-state index contributed by atoms with van der Waals surface area (Å²) in [5.41, 5.74) is 7.21. The van der Waals surface area contributed by atoms with Gasteiger partial charge in [0.25, 0.3) is 0 Å². The van der Waals surface area contributed by atoms with Crippen molar-refractivity contribution in [3.05, 3.63) is 99.1 Å². The number of hydrogen-bond donors (Lipinski definition) is 0. The van der Waals surface area contributed by atoms with Crippen molar-refractivity contribution in [2.75, 3.05) is 0 Å². The molecule has 0 aliphatic carbocycles. The Labute approximate surface area is 186 Å².